The van der Waals surface area contributed by atoms with Gasteiger partial charge in [-0.3, -0.25) is 4.79 Å². The van der Waals surface area contributed by atoms with Crippen molar-refractivity contribution < 1.29 is 13.9 Å². The SMILES string of the molecule is COc1ccc(F)cc1C(=O)C1C2CCCC21. The van der Waals surface area contributed by atoms with Crippen LogP contribution in [0.1, 0.15) is 29.6 Å². The van der Waals surface area contributed by atoms with E-state index >= 15 is 0 Å². The molecule has 1 aromatic rings. The molecule has 2 atom stereocenters. The fourth-order valence-corrected chi connectivity index (χ4v) is 3.26. The van der Waals surface area contributed by atoms with Crippen molar-refractivity contribution >= 4 is 5.78 Å². The summed E-state index contributed by atoms with van der Waals surface area (Å²) in [6, 6.07) is 4.15. The molecule has 0 aromatic heterocycles. The number of fused-ring (bicyclic) bond motifs is 1. The number of ether oxygens (including phenoxy) is 1. The number of hydrogen-bond donors (Lipinski definition) is 0. The van der Waals surface area contributed by atoms with E-state index in [-0.39, 0.29) is 17.5 Å². The Kier molecular flexibility index (Phi) is 2.42. The quantitative estimate of drug-likeness (QED) is 0.751. The zero-order valence-corrected chi connectivity index (χ0v) is 9.78. The van der Waals surface area contributed by atoms with Gasteiger partial charge >= 0.3 is 0 Å². The number of benzene rings is 1. The maximum Gasteiger partial charge on any atom is 0.170 e. The molecule has 0 radical (unpaired) electrons. The third kappa shape index (κ3) is 1.65. The molecule has 1 aromatic carbocycles. The van der Waals surface area contributed by atoms with Crippen LogP contribution in [0.4, 0.5) is 4.39 Å². The highest BCUT2D eigenvalue weighted by Crippen LogP contribution is 2.58. The van der Waals surface area contributed by atoms with E-state index in [4.69, 9.17) is 4.74 Å². The lowest BCUT2D eigenvalue weighted by Gasteiger charge is -2.08. The second-order valence-electron chi connectivity index (χ2n) is 4.99. The van der Waals surface area contributed by atoms with E-state index in [0.717, 1.165) is 12.8 Å². The summed E-state index contributed by atoms with van der Waals surface area (Å²) in [6.45, 7) is 0. The number of rotatable bonds is 3. The third-order valence-corrected chi connectivity index (χ3v) is 4.14. The first-order valence-corrected chi connectivity index (χ1v) is 6.10. The lowest BCUT2D eigenvalue weighted by molar-refractivity contribution is 0.0948. The topological polar surface area (TPSA) is 26.3 Å². The highest BCUT2D eigenvalue weighted by atomic mass is 19.1. The fraction of sp³-hybridized carbons (Fsp3) is 0.500. The average Bonchev–Trinajstić information content (AvgIpc) is 2.81. The van der Waals surface area contributed by atoms with Crippen LogP contribution in [-0.4, -0.2) is 12.9 Å². The van der Waals surface area contributed by atoms with Crippen molar-refractivity contribution in [3.63, 3.8) is 0 Å². The molecule has 2 aliphatic carbocycles. The minimum atomic E-state index is -0.375. The van der Waals surface area contributed by atoms with Gasteiger partial charge in [-0.1, -0.05) is 6.42 Å². The van der Waals surface area contributed by atoms with Gasteiger partial charge in [-0.25, -0.2) is 4.39 Å². The van der Waals surface area contributed by atoms with Gasteiger partial charge in [0.2, 0.25) is 0 Å². The second-order valence-corrected chi connectivity index (χ2v) is 4.99. The van der Waals surface area contributed by atoms with E-state index in [9.17, 15) is 9.18 Å². The molecule has 0 N–H and O–H groups in total. The molecule has 2 nitrogen and oxygen atoms in total. The largest absolute Gasteiger partial charge is 0.496 e. The molecule has 0 saturated heterocycles. The molecule has 2 fully saturated rings. The second kappa shape index (κ2) is 3.83. The minimum Gasteiger partial charge on any atom is -0.496 e. The van der Waals surface area contributed by atoms with Crippen molar-refractivity contribution in [2.75, 3.05) is 7.11 Å². The molecule has 2 saturated carbocycles. The first kappa shape index (κ1) is 10.8. The van der Waals surface area contributed by atoms with Gasteiger partial charge in [-0.15, -0.1) is 0 Å². The van der Waals surface area contributed by atoms with Gasteiger partial charge in [0.15, 0.2) is 5.78 Å². The van der Waals surface area contributed by atoms with Gasteiger partial charge in [0, 0.05) is 5.92 Å². The Hall–Kier alpha value is -1.38. The van der Waals surface area contributed by atoms with Gasteiger partial charge in [0.05, 0.1) is 12.7 Å². The molecule has 2 unspecified atom stereocenters. The van der Waals surface area contributed by atoms with Crippen molar-refractivity contribution in [1.29, 1.82) is 0 Å². The summed E-state index contributed by atoms with van der Waals surface area (Å²) in [5.74, 6) is 1.41. The molecule has 3 rings (SSSR count). The first-order chi connectivity index (χ1) is 8.22. The Bertz CT molecular complexity index is 459. The lowest BCUT2D eigenvalue weighted by Crippen LogP contribution is -2.08. The van der Waals surface area contributed by atoms with Crippen LogP contribution in [0.5, 0.6) is 5.75 Å². The molecule has 0 heterocycles. The van der Waals surface area contributed by atoms with E-state index in [1.165, 1.54) is 31.7 Å². The van der Waals surface area contributed by atoms with Crippen LogP contribution in [0.2, 0.25) is 0 Å². The fourth-order valence-electron chi connectivity index (χ4n) is 3.26. The maximum atomic E-state index is 13.2. The van der Waals surface area contributed by atoms with Gasteiger partial charge in [-0.05, 0) is 42.9 Å². The summed E-state index contributed by atoms with van der Waals surface area (Å²) in [5.41, 5.74) is 0.409. The number of methoxy groups -OCH3 is 1. The van der Waals surface area contributed by atoms with Crippen molar-refractivity contribution in [3.05, 3.63) is 29.6 Å². The molecule has 2 aliphatic rings. The average molecular weight is 234 g/mol. The van der Waals surface area contributed by atoms with E-state index in [0.29, 0.717) is 23.1 Å². The number of carbonyl (C=O) groups is 1. The highest BCUT2D eigenvalue weighted by molar-refractivity contribution is 6.02. The normalized spacial score (nSPS) is 29.9. The van der Waals surface area contributed by atoms with E-state index in [1.54, 1.807) is 0 Å². The zero-order valence-electron chi connectivity index (χ0n) is 9.78. The zero-order chi connectivity index (χ0) is 12.0. The van der Waals surface area contributed by atoms with Crippen LogP contribution < -0.4 is 4.74 Å². The molecule has 0 amide bonds. The van der Waals surface area contributed by atoms with E-state index in [2.05, 4.69) is 0 Å². The van der Waals surface area contributed by atoms with Crippen LogP contribution in [0, 0.1) is 23.6 Å². The van der Waals surface area contributed by atoms with Gasteiger partial charge < -0.3 is 4.74 Å². The molecule has 17 heavy (non-hydrogen) atoms. The number of ketones is 1. The highest BCUT2D eigenvalue weighted by Gasteiger charge is 2.56. The Morgan fingerprint density at radius 2 is 2.06 bits per heavy atom. The Balaban J connectivity index is 1.88. The third-order valence-electron chi connectivity index (χ3n) is 4.14. The minimum absolute atomic E-state index is 0.0658. The monoisotopic (exact) mass is 234 g/mol. The van der Waals surface area contributed by atoms with Crippen LogP contribution in [0.3, 0.4) is 0 Å². The van der Waals surface area contributed by atoms with E-state index in [1.807, 2.05) is 0 Å². The van der Waals surface area contributed by atoms with Crippen molar-refractivity contribution in [2.45, 2.75) is 19.3 Å². The van der Waals surface area contributed by atoms with Gasteiger partial charge in [-0.2, -0.15) is 0 Å². The van der Waals surface area contributed by atoms with Gasteiger partial charge in [0.25, 0.3) is 0 Å². The number of carbonyl (C=O) groups excluding carboxylic acids is 1. The molecule has 0 aliphatic heterocycles. The molecular formula is C14H15FO2. The maximum absolute atomic E-state index is 13.2. The molecule has 0 bridgehead atoms. The Labute approximate surface area is 99.8 Å². The molecule has 3 heteroatoms. The molecule has 0 spiro atoms. The van der Waals surface area contributed by atoms with Crippen molar-refractivity contribution in [1.82, 2.24) is 0 Å². The summed E-state index contributed by atoms with van der Waals surface area (Å²) >= 11 is 0. The molecule has 90 valence electrons. The van der Waals surface area contributed by atoms with Gasteiger partial charge in [0.1, 0.15) is 11.6 Å². The van der Waals surface area contributed by atoms with Crippen molar-refractivity contribution in [3.8, 4) is 5.75 Å². The first-order valence-electron chi connectivity index (χ1n) is 6.10. The molecular weight excluding hydrogens is 219 g/mol. The predicted molar refractivity (Wildman–Crippen MR) is 61.6 cm³/mol. The summed E-state index contributed by atoms with van der Waals surface area (Å²) in [6.07, 6.45) is 3.54. The summed E-state index contributed by atoms with van der Waals surface area (Å²) in [7, 11) is 1.51. The summed E-state index contributed by atoms with van der Waals surface area (Å²) in [4.78, 5) is 12.3. The van der Waals surface area contributed by atoms with E-state index < -0.39 is 0 Å². The van der Waals surface area contributed by atoms with Crippen LogP contribution in [-0.2, 0) is 0 Å². The van der Waals surface area contributed by atoms with Crippen molar-refractivity contribution in [2.24, 2.45) is 17.8 Å². The summed E-state index contributed by atoms with van der Waals surface area (Å²) in [5, 5.41) is 0. The number of halogens is 1. The Morgan fingerprint density at radius 3 is 2.71 bits per heavy atom. The Morgan fingerprint density at radius 1 is 1.35 bits per heavy atom. The lowest BCUT2D eigenvalue weighted by atomic mass is 10.0. The van der Waals surface area contributed by atoms with Crippen LogP contribution in [0.15, 0.2) is 18.2 Å². The smallest absolute Gasteiger partial charge is 0.170 e. The predicted octanol–water partition coefficient (Wildman–Crippen LogP) is 3.06. The standard InChI is InChI=1S/C14H15FO2/c1-17-12-6-5-8(15)7-11(12)14(16)13-9-3-2-4-10(9)13/h5-7,9-10,13H,2-4H2,1H3. The number of Topliss-reactive ketones (excluding diaryl/α,β-unsaturated/α-hetero) is 1. The van der Waals surface area contributed by atoms with Crippen LogP contribution >= 0.6 is 0 Å². The summed E-state index contributed by atoms with van der Waals surface area (Å²) < 4.78 is 18.3. The van der Waals surface area contributed by atoms with Crippen LogP contribution in [0.25, 0.3) is 0 Å². The number of hydrogen-bond acceptors (Lipinski definition) is 2.